The highest BCUT2D eigenvalue weighted by Crippen LogP contribution is 2.23. The standard InChI is InChI=1S/C17H15FO4S/c1-12-3-9-15(10-4-12)23(20,21)16(18)11-13-5-7-14(8-6-13)17(19)22-2/h3-11H,1-2H3/b16-11+. The summed E-state index contributed by atoms with van der Waals surface area (Å²) in [6.45, 7) is 1.81. The van der Waals surface area contributed by atoms with E-state index >= 15 is 0 Å². The zero-order chi connectivity index (χ0) is 17.0. The topological polar surface area (TPSA) is 60.4 Å². The second-order valence-electron chi connectivity index (χ2n) is 4.88. The predicted molar refractivity (Wildman–Crippen MR) is 85.2 cm³/mol. The maximum absolute atomic E-state index is 14.2. The Morgan fingerprint density at radius 3 is 2.13 bits per heavy atom. The van der Waals surface area contributed by atoms with Gasteiger partial charge in [-0.25, -0.2) is 13.2 Å². The Morgan fingerprint density at radius 2 is 1.61 bits per heavy atom. The average molecular weight is 334 g/mol. The van der Waals surface area contributed by atoms with Crippen molar-refractivity contribution in [2.75, 3.05) is 7.11 Å². The molecule has 0 aromatic heterocycles. The monoisotopic (exact) mass is 334 g/mol. The van der Waals surface area contributed by atoms with Gasteiger partial charge in [0.15, 0.2) is 0 Å². The molecule has 0 heterocycles. The molecule has 6 heteroatoms. The second kappa shape index (κ2) is 6.75. The minimum Gasteiger partial charge on any atom is -0.465 e. The molecule has 2 aromatic carbocycles. The number of hydrogen-bond acceptors (Lipinski definition) is 4. The van der Waals surface area contributed by atoms with Gasteiger partial charge in [0.2, 0.25) is 15.0 Å². The quantitative estimate of drug-likeness (QED) is 0.803. The summed E-state index contributed by atoms with van der Waals surface area (Å²) >= 11 is 0. The van der Waals surface area contributed by atoms with Gasteiger partial charge in [0.05, 0.1) is 17.6 Å². The summed E-state index contributed by atoms with van der Waals surface area (Å²) < 4.78 is 43.0. The van der Waals surface area contributed by atoms with E-state index in [-0.39, 0.29) is 4.90 Å². The molecule has 0 amide bonds. The SMILES string of the molecule is COC(=O)c1ccc(/C=C(\F)S(=O)(=O)c2ccc(C)cc2)cc1. The highest BCUT2D eigenvalue weighted by molar-refractivity contribution is 7.95. The van der Waals surface area contributed by atoms with Crippen LogP contribution in [0.1, 0.15) is 21.5 Å². The van der Waals surface area contributed by atoms with Gasteiger partial charge in [0.1, 0.15) is 0 Å². The molecular formula is C17H15FO4S. The summed E-state index contributed by atoms with van der Waals surface area (Å²) in [6, 6.07) is 11.7. The van der Waals surface area contributed by atoms with Gasteiger partial charge in [-0.3, -0.25) is 0 Å². The van der Waals surface area contributed by atoms with Crippen molar-refractivity contribution >= 4 is 21.9 Å². The number of halogens is 1. The molecule has 0 N–H and O–H groups in total. The number of carbonyl (C=O) groups excluding carboxylic acids is 1. The van der Waals surface area contributed by atoms with Gasteiger partial charge in [-0.05, 0) is 42.8 Å². The molecule has 0 radical (unpaired) electrons. The number of carbonyl (C=O) groups is 1. The lowest BCUT2D eigenvalue weighted by Gasteiger charge is -2.03. The van der Waals surface area contributed by atoms with Crippen LogP contribution in [-0.4, -0.2) is 21.5 Å². The maximum Gasteiger partial charge on any atom is 0.337 e. The molecule has 0 saturated carbocycles. The molecule has 0 bridgehead atoms. The van der Waals surface area contributed by atoms with Crippen molar-refractivity contribution in [2.24, 2.45) is 0 Å². The molecule has 23 heavy (non-hydrogen) atoms. The summed E-state index contributed by atoms with van der Waals surface area (Å²) in [4.78, 5) is 11.2. The normalized spacial score (nSPS) is 12.0. The van der Waals surface area contributed by atoms with Crippen LogP contribution in [0.3, 0.4) is 0 Å². The van der Waals surface area contributed by atoms with Crippen LogP contribution < -0.4 is 0 Å². The van der Waals surface area contributed by atoms with E-state index in [0.717, 1.165) is 11.6 Å². The molecule has 2 rings (SSSR count). The van der Waals surface area contributed by atoms with E-state index in [4.69, 9.17) is 0 Å². The zero-order valence-corrected chi connectivity index (χ0v) is 13.4. The second-order valence-corrected chi connectivity index (χ2v) is 6.75. The van der Waals surface area contributed by atoms with Crippen molar-refractivity contribution < 1.29 is 22.3 Å². The number of esters is 1. The first-order valence-electron chi connectivity index (χ1n) is 6.72. The third kappa shape index (κ3) is 3.84. The number of sulfone groups is 1. The number of ether oxygens (including phenoxy) is 1. The van der Waals surface area contributed by atoms with Crippen LogP contribution in [-0.2, 0) is 14.6 Å². The average Bonchev–Trinajstić information content (AvgIpc) is 2.55. The highest BCUT2D eigenvalue weighted by atomic mass is 32.2. The molecule has 0 aliphatic carbocycles. The Bertz CT molecular complexity index is 835. The molecule has 120 valence electrons. The number of rotatable bonds is 4. The lowest BCUT2D eigenvalue weighted by Crippen LogP contribution is -2.02. The third-order valence-corrected chi connectivity index (χ3v) is 4.72. The number of hydrogen-bond donors (Lipinski definition) is 0. The molecule has 2 aromatic rings. The Labute approximate surface area is 134 Å². The molecule has 0 fully saturated rings. The predicted octanol–water partition coefficient (Wildman–Crippen LogP) is 3.52. The minimum absolute atomic E-state index is 0.108. The lowest BCUT2D eigenvalue weighted by molar-refractivity contribution is 0.0600. The number of aryl methyl sites for hydroxylation is 1. The first-order chi connectivity index (χ1) is 10.8. The van der Waals surface area contributed by atoms with Crippen molar-refractivity contribution in [3.63, 3.8) is 0 Å². The largest absolute Gasteiger partial charge is 0.465 e. The summed E-state index contributed by atoms with van der Waals surface area (Å²) in [6.07, 6.45) is 0.913. The zero-order valence-electron chi connectivity index (χ0n) is 12.6. The van der Waals surface area contributed by atoms with Gasteiger partial charge in [-0.1, -0.05) is 29.8 Å². The van der Waals surface area contributed by atoms with Gasteiger partial charge in [-0.15, -0.1) is 0 Å². The molecule has 0 aliphatic rings. The summed E-state index contributed by atoms with van der Waals surface area (Å²) in [7, 11) is -2.93. The fourth-order valence-corrected chi connectivity index (χ4v) is 2.88. The summed E-state index contributed by atoms with van der Waals surface area (Å²) in [5, 5.41) is -1.26. The van der Waals surface area contributed by atoms with E-state index in [9.17, 15) is 17.6 Å². The molecule has 4 nitrogen and oxygen atoms in total. The Hall–Kier alpha value is -2.47. The van der Waals surface area contributed by atoms with Gasteiger partial charge in [0, 0.05) is 0 Å². The number of methoxy groups -OCH3 is 1. The summed E-state index contributed by atoms with van der Waals surface area (Å²) in [5.41, 5.74) is 1.50. The van der Waals surface area contributed by atoms with Gasteiger partial charge in [0.25, 0.3) is 0 Å². The van der Waals surface area contributed by atoms with E-state index in [2.05, 4.69) is 4.74 Å². The fourth-order valence-electron chi connectivity index (χ4n) is 1.87. The Balaban J connectivity index is 2.31. The van der Waals surface area contributed by atoms with E-state index in [1.165, 1.54) is 43.5 Å². The Morgan fingerprint density at radius 1 is 1.04 bits per heavy atom. The lowest BCUT2D eigenvalue weighted by atomic mass is 10.1. The first-order valence-corrected chi connectivity index (χ1v) is 8.20. The van der Waals surface area contributed by atoms with E-state index in [0.29, 0.717) is 11.1 Å². The number of benzene rings is 2. The molecule has 0 atom stereocenters. The molecule has 0 aliphatic heterocycles. The van der Waals surface area contributed by atoms with Crippen molar-refractivity contribution in [3.8, 4) is 0 Å². The third-order valence-electron chi connectivity index (χ3n) is 3.20. The molecule has 0 saturated heterocycles. The van der Waals surface area contributed by atoms with Crippen molar-refractivity contribution in [2.45, 2.75) is 11.8 Å². The molecular weight excluding hydrogens is 319 g/mol. The van der Waals surface area contributed by atoms with Crippen LogP contribution in [0.15, 0.2) is 58.6 Å². The molecule has 0 spiro atoms. The van der Waals surface area contributed by atoms with Gasteiger partial charge >= 0.3 is 5.97 Å². The minimum atomic E-state index is -4.18. The van der Waals surface area contributed by atoms with Crippen LogP contribution in [0.4, 0.5) is 4.39 Å². The van der Waals surface area contributed by atoms with Crippen molar-refractivity contribution in [3.05, 3.63) is 70.4 Å². The molecule has 0 unspecified atom stereocenters. The van der Waals surface area contributed by atoms with Gasteiger partial charge < -0.3 is 4.74 Å². The maximum atomic E-state index is 14.2. The van der Waals surface area contributed by atoms with E-state index in [1.807, 2.05) is 6.92 Å². The van der Waals surface area contributed by atoms with Crippen molar-refractivity contribution in [1.29, 1.82) is 0 Å². The van der Waals surface area contributed by atoms with Crippen LogP contribution >= 0.6 is 0 Å². The Kier molecular flexibility index (Phi) is 4.95. The van der Waals surface area contributed by atoms with E-state index in [1.54, 1.807) is 12.1 Å². The van der Waals surface area contributed by atoms with Crippen LogP contribution in [0, 0.1) is 6.92 Å². The van der Waals surface area contributed by atoms with Crippen LogP contribution in [0.5, 0.6) is 0 Å². The van der Waals surface area contributed by atoms with Crippen molar-refractivity contribution in [1.82, 2.24) is 0 Å². The van der Waals surface area contributed by atoms with Crippen LogP contribution in [0.25, 0.3) is 6.08 Å². The van der Waals surface area contributed by atoms with Crippen LogP contribution in [0.2, 0.25) is 0 Å². The first kappa shape index (κ1) is 16.9. The highest BCUT2D eigenvalue weighted by Gasteiger charge is 2.20. The van der Waals surface area contributed by atoms with E-state index < -0.39 is 21.0 Å². The smallest absolute Gasteiger partial charge is 0.337 e. The fraction of sp³-hybridized carbons (Fsp3) is 0.118. The van der Waals surface area contributed by atoms with Gasteiger partial charge in [-0.2, -0.15) is 4.39 Å². The summed E-state index contributed by atoms with van der Waals surface area (Å²) in [5.74, 6) is -0.520.